The van der Waals surface area contributed by atoms with Crippen LogP contribution in [0.3, 0.4) is 0 Å². The molecule has 1 atom stereocenters. The van der Waals surface area contributed by atoms with Gasteiger partial charge in [0.1, 0.15) is 10.9 Å². The van der Waals surface area contributed by atoms with Gasteiger partial charge in [-0.2, -0.15) is 5.26 Å². The van der Waals surface area contributed by atoms with Crippen molar-refractivity contribution < 1.29 is 9.53 Å². The van der Waals surface area contributed by atoms with E-state index in [9.17, 15) is 19.6 Å². The highest BCUT2D eigenvalue weighted by Gasteiger charge is 2.24. The van der Waals surface area contributed by atoms with Gasteiger partial charge in [-0.3, -0.25) is 9.36 Å². The van der Waals surface area contributed by atoms with Gasteiger partial charge in [0.2, 0.25) is 0 Å². The summed E-state index contributed by atoms with van der Waals surface area (Å²) in [6, 6.07) is 17.9. The molecule has 2 aromatic carbocycles. The van der Waals surface area contributed by atoms with Crippen molar-refractivity contribution >= 4 is 27.5 Å². The van der Waals surface area contributed by atoms with Crippen molar-refractivity contribution in [3.63, 3.8) is 0 Å². The predicted molar refractivity (Wildman–Crippen MR) is 132 cm³/mol. The van der Waals surface area contributed by atoms with E-state index < -0.39 is 23.3 Å². The Hall–Kier alpha value is -3.96. The van der Waals surface area contributed by atoms with Crippen molar-refractivity contribution in [2.75, 3.05) is 7.11 Å². The number of ether oxygens (including phenoxy) is 1. The van der Waals surface area contributed by atoms with Crippen LogP contribution in [0.5, 0.6) is 0 Å². The van der Waals surface area contributed by atoms with Crippen LogP contribution in [0.15, 0.2) is 64.2 Å². The molecule has 2 heterocycles. The number of nitriles is 1. The van der Waals surface area contributed by atoms with E-state index in [2.05, 4.69) is 6.07 Å². The van der Waals surface area contributed by atoms with Gasteiger partial charge in [-0.25, -0.2) is 14.2 Å². The zero-order valence-corrected chi connectivity index (χ0v) is 19.9. The van der Waals surface area contributed by atoms with E-state index in [1.54, 1.807) is 12.1 Å². The van der Waals surface area contributed by atoms with E-state index in [1.807, 2.05) is 49.4 Å². The summed E-state index contributed by atoms with van der Waals surface area (Å²) in [6.07, 6.45) is 0.729. The highest BCUT2D eigenvalue weighted by molar-refractivity contribution is 7.18. The highest BCUT2D eigenvalue weighted by atomic mass is 32.1. The van der Waals surface area contributed by atoms with Gasteiger partial charge in [-0.05, 0) is 42.2 Å². The van der Waals surface area contributed by atoms with Gasteiger partial charge < -0.3 is 4.74 Å². The Morgan fingerprint density at radius 1 is 1.15 bits per heavy atom. The second-order valence-corrected chi connectivity index (χ2v) is 9.00. The molecular formula is C26H23N3O4S. The fourth-order valence-corrected chi connectivity index (χ4v) is 5.03. The van der Waals surface area contributed by atoms with Crippen LogP contribution >= 0.6 is 11.3 Å². The number of fused-ring (bicyclic) bond motifs is 1. The van der Waals surface area contributed by atoms with E-state index in [0.29, 0.717) is 15.8 Å². The molecule has 4 aromatic rings. The maximum Gasteiger partial charge on any atom is 0.333 e. The second-order valence-electron chi connectivity index (χ2n) is 7.88. The van der Waals surface area contributed by atoms with Gasteiger partial charge in [0.15, 0.2) is 0 Å². The number of rotatable bonds is 6. The van der Waals surface area contributed by atoms with E-state index in [1.165, 1.54) is 29.9 Å². The lowest BCUT2D eigenvalue weighted by atomic mass is 9.99. The summed E-state index contributed by atoms with van der Waals surface area (Å²) >= 11 is 1.41. The van der Waals surface area contributed by atoms with Crippen molar-refractivity contribution in [2.24, 2.45) is 0 Å². The predicted octanol–water partition coefficient (Wildman–Crippen LogP) is 4.11. The molecule has 0 bridgehead atoms. The Kier molecular flexibility index (Phi) is 6.48. The molecule has 0 saturated carbocycles. The number of thiophene rings is 1. The van der Waals surface area contributed by atoms with Crippen molar-refractivity contribution in [1.82, 2.24) is 9.13 Å². The monoisotopic (exact) mass is 473 g/mol. The summed E-state index contributed by atoms with van der Waals surface area (Å²) in [6.45, 7) is 3.70. The molecule has 7 nitrogen and oxygen atoms in total. The summed E-state index contributed by atoms with van der Waals surface area (Å²) in [4.78, 5) is 40.3. The third kappa shape index (κ3) is 4.06. The molecule has 0 aliphatic heterocycles. The first kappa shape index (κ1) is 23.2. The molecule has 0 aliphatic rings. The molecule has 2 aromatic heterocycles. The van der Waals surface area contributed by atoms with Crippen LogP contribution in [0, 0.1) is 11.3 Å². The summed E-state index contributed by atoms with van der Waals surface area (Å²) in [5.41, 5.74) is 2.12. The minimum Gasteiger partial charge on any atom is -0.467 e. The lowest BCUT2D eigenvalue weighted by Crippen LogP contribution is -2.43. The summed E-state index contributed by atoms with van der Waals surface area (Å²) in [5, 5.41) is 9.80. The van der Waals surface area contributed by atoms with E-state index in [-0.39, 0.29) is 6.54 Å². The Morgan fingerprint density at radius 2 is 1.85 bits per heavy atom. The van der Waals surface area contributed by atoms with Crippen LogP contribution in [-0.4, -0.2) is 22.2 Å². The molecule has 34 heavy (non-hydrogen) atoms. The molecule has 0 N–H and O–H groups in total. The van der Waals surface area contributed by atoms with Crippen LogP contribution in [0.1, 0.15) is 35.9 Å². The van der Waals surface area contributed by atoms with Crippen LogP contribution in [-0.2, 0) is 22.5 Å². The molecular weight excluding hydrogens is 450 g/mol. The largest absolute Gasteiger partial charge is 0.467 e. The number of hydrogen-bond donors (Lipinski definition) is 0. The normalized spacial score (nSPS) is 11.8. The number of benzene rings is 2. The molecule has 1 unspecified atom stereocenters. The molecule has 0 fully saturated rings. The molecule has 4 rings (SSSR count). The Balaban J connectivity index is 1.82. The van der Waals surface area contributed by atoms with Crippen LogP contribution in [0.2, 0.25) is 0 Å². The quantitative estimate of drug-likeness (QED) is 0.393. The average Bonchev–Trinajstić information content (AvgIpc) is 3.31. The summed E-state index contributed by atoms with van der Waals surface area (Å²) < 4.78 is 7.29. The molecule has 0 radical (unpaired) electrons. The SMILES string of the molecule is CCc1cc2c(=O)n(C(C)C(=O)OC)c(=O)n(Cc3ccc(-c4ccccc4C#N)cc3)c2s1. The number of nitrogens with zero attached hydrogens (tertiary/aromatic N) is 3. The zero-order valence-electron chi connectivity index (χ0n) is 19.1. The molecule has 172 valence electrons. The van der Waals surface area contributed by atoms with Crippen LogP contribution < -0.4 is 11.2 Å². The Labute approximate surface area is 200 Å². The minimum absolute atomic E-state index is 0.230. The van der Waals surface area contributed by atoms with Crippen molar-refractivity contribution in [3.8, 4) is 17.2 Å². The van der Waals surface area contributed by atoms with Crippen molar-refractivity contribution in [3.05, 3.63) is 91.4 Å². The molecule has 0 spiro atoms. The van der Waals surface area contributed by atoms with E-state index in [0.717, 1.165) is 32.6 Å². The number of carbonyl (C=O) groups excluding carboxylic acids is 1. The van der Waals surface area contributed by atoms with E-state index in [4.69, 9.17) is 4.74 Å². The smallest absolute Gasteiger partial charge is 0.333 e. The first-order valence-corrected chi connectivity index (χ1v) is 11.6. The van der Waals surface area contributed by atoms with Crippen molar-refractivity contribution in [1.29, 1.82) is 5.26 Å². The van der Waals surface area contributed by atoms with Crippen LogP contribution in [0.4, 0.5) is 0 Å². The van der Waals surface area contributed by atoms with Crippen molar-refractivity contribution in [2.45, 2.75) is 32.9 Å². The number of carbonyl (C=O) groups is 1. The van der Waals surface area contributed by atoms with Gasteiger partial charge in [-0.1, -0.05) is 49.4 Å². The number of aromatic nitrogens is 2. The van der Waals surface area contributed by atoms with Gasteiger partial charge >= 0.3 is 11.7 Å². The topological polar surface area (TPSA) is 94.1 Å². The lowest BCUT2D eigenvalue weighted by Gasteiger charge is -2.16. The minimum atomic E-state index is -1.05. The fraction of sp³-hybridized carbons (Fsp3) is 0.231. The maximum atomic E-state index is 13.4. The van der Waals surface area contributed by atoms with Crippen LogP contribution in [0.25, 0.3) is 21.3 Å². The maximum absolute atomic E-state index is 13.4. The van der Waals surface area contributed by atoms with Gasteiger partial charge in [0, 0.05) is 4.88 Å². The number of esters is 1. The first-order valence-electron chi connectivity index (χ1n) is 10.8. The number of methoxy groups -OCH3 is 1. The highest BCUT2D eigenvalue weighted by Crippen LogP contribution is 2.26. The van der Waals surface area contributed by atoms with E-state index >= 15 is 0 Å². The number of hydrogen-bond acceptors (Lipinski definition) is 6. The first-order chi connectivity index (χ1) is 16.4. The zero-order chi connectivity index (χ0) is 24.4. The summed E-state index contributed by atoms with van der Waals surface area (Å²) in [7, 11) is 1.23. The lowest BCUT2D eigenvalue weighted by molar-refractivity contribution is -0.144. The van der Waals surface area contributed by atoms with Gasteiger partial charge in [0.05, 0.1) is 30.7 Å². The standard InChI is InChI=1S/C26H23N3O4S/c1-4-20-13-22-23(30)29(16(2)25(31)33-3)26(32)28(24(22)34-20)15-17-9-11-18(12-10-17)21-8-6-5-7-19(21)14-27/h5-13,16H,4,15H2,1-3H3. The average molecular weight is 474 g/mol. The third-order valence-corrected chi connectivity index (χ3v) is 7.13. The van der Waals surface area contributed by atoms with Gasteiger partial charge in [-0.15, -0.1) is 11.3 Å². The Morgan fingerprint density at radius 3 is 2.50 bits per heavy atom. The second kappa shape index (κ2) is 9.49. The molecule has 0 saturated heterocycles. The molecule has 0 aliphatic carbocycles. The Bertz CT molecular complexity index is 1540. The summed E-state index contributed by atoms with van der Waals surface area (Å²) in [5.74, 6) is -0.656. The van der Waals surface area contributed by atoms with Gasteiger partial charge in [0.25, 0.3) is 5.56 Å². The third-order valence-electron chi connectivity index (χ3n) is 5.83. The fourth-order valence-electron chi connectivity index (χ4n) is 3.95. The number of aryl methyl sites for hydroxylation is 1. The molecule has 8 heteroatoms. The molecule has 0 amide bonds.